The van der Waals surface area contributed by atoms with Gasteiger partial charge in [0.2, 0.25) is 11.8 Å². The number of imide groups is 1. The highest BCUT2D eigenvalue weighted by Gasteiger charge is 2.37. The van der Waals surface area contributed by atoms with E-state index < -0.39 is 23.8 Å². The Morgan fingerprint density at radius 2 is 2.14 bits per heavy atom. The topological polar surface area (TPSA) is 121 Å². The number of carbonyl (C=O) groups is 3. The van der Waals surface area contributed by atoms with Crippen LogP contribution in [-0.2, 0) is 16.0 Å². The van der Waals surface area contributed by atoms with Crippen LogP contribution in [0.2, 0.25) is 0 Å². The number of aromatic amines is 1. The summed E-state index contributed by atoms with van der Waals surface area (Å²) < 4.78 is 0. The van der Waals surface area contributed by atoms with E-state index in [1.165, 1.54) is 4.90 Å². The quantitative estimate of drug-likeness (QED) is 0.665. The van der Waals surface area contributed by atoms with Gasteiger partial charge >= 0.3 is 0 Å². The lowest BCUT2D eigenvalue weighted by atomic mass is 10.1. The highest BCUT2D eigenvalue weighted by molar-refractivity contribution is 6.08. The minimum atomic E-state index is -0.680. The maximum Gasteiger partial charge on any atom is 0.277 e. The van der Waals surface area contributed by atoms with E-state index in [9.17, 15) is 14.4 Å². The Morgan fingerprint density at radius 3 is 2.76 bits per heavy atom. The second-order valence-corrected chi connectivity index (χ2v) is 4.98. The van der Waals surface area contributed by atoms with Crippen LogP contribution < -0.4 is 11.1 Å². The Hall–Kier alpha value is -2.38. The lowest BCUT2D eigenvalue weighted by molar-refractivity contribution is -0.138. The second kappa shape index (κ2) is 5.94. The van der Waals surface area contributed by atoms with Crippen LogP contribution in [0.3, 0.4) is 0 Å². The first-order chi connectivity index (χ1) is 9.99. The molecule has 2 rings (SSSR count). The van der Waals surface area contributed by atoms with Crippen LogP contribution in [0.1, 0.15) is 42.9 Å². The van der Waals surface area contributed by atoms with Crippen LogP contribution in [0.15, 0.2) is 0 Å². The first kappa shape index (κ1) is 15.0. The molecule has 21 heavy (non-hydrogen) atoms. The predicted molar refractivity (Wildman–Crippen MR) is 75.3 cm³/mol. The molecule has 4 N–H and O–H groups in total. The number of hydrogen-bond donors (Lipinski definition) is 3. The van der Waals surface area contributed by atoms with Crippen molar-refractivity contribution in [1.82, 2.24) is 20.4 Å². The average molecular weight is 293 g/mol. The van der Waals surface area contributed by atoms with Gasteiger partial charge in [0.05, 0.1) is 11.4 Å². The largest absolute Gasteiger partial charge is 0.395 e. The zero-order chi connectivity index (χ0) is 15.6. The standard InChI is InChI=1S/C13H19N5O3/c1-3-5-7-10(14)11(17-16-7)13(21)18-6-9(19)15-12(20)8(18)4-2/h8H,3-6,14H2,1-2H3,(H,16,17)(H,15,19,20). The third-order valence-corrected chi connectivity index (χ3v) is 3.49. The summed E-state index contributed by atoms with van der Waals surface area (Å²) in [7, 11) is 0. The lowest BCUT2D eigenvalue weighted by Gasteiger charge is -2.32. The number of nitrogens with one attached hydrogen (secondary N) is 2. The molecule has 0 bridgehead atoms. The molecule has 8 nitrogen and oxygen atoms in total. The average Bonchev–Trinajstić information content (AvgIpc) is 2.79. The van der Waals surface area contributed by atoms with Gasteiger partial charge in [-0.25, -0.2) is 0 Å². The molecule has 1 aromatic rings. The van der Waals surface area contributed by atoms with E-state index in [1.54, 1.807) is 6.92 Å². The number of hydrogen-bond acceptors (Lipinski definition) is 5. The van der Waals surface area contributed by atoms with E-state index in [0.717, 1.165) is 6.42 Å². The Bertz CT molecular complexity index is 580. The Labute approximate surface area is 122 Å². The number of nitrogens with zero attached hydrogens (tertiary/aromatic N) is 2. The molecule has 3 amide bonds. The molecule has 1 atom stereocenters. The molecular formula is C13H19N5O3. The second-order valence-electron chi connectivity index (χ2n) is 4.98. The zero-order valence-corrected chi connectivity index (χ0v) is 12.1. The zero-order valence-electron chi connectivity index (χ0n) is 12.1. The van der Waals surface area contributed by atoms with Crippen molar-refractivity contribution in [2.24, 2.45) is 0 Å². The number of carbonyl (C=O) groups excluding carboxylic acids is 3. The van der Waals surface area contributed by atoms with Crippen LogP contribution >= 0.6 is 0 Å². The molecule has 114 valence electrons. The van der Waals surface area contributed by atoms with Crippen molar-refractivity contribution in [3.8, 4) is 0 Å². The van der Waals surface area contributed by atoms with Crippen molar-refractivity contribution >= 4 is 23.4 Å². The first-order valence-corrected chi connectivity index (χ1v) is 6.96. The summed E-state index contributed by atoms with van der Waals surface area (Å²) in [6.45, 7) is 3.59. The normalized spacial score (nSPS) is 18.8. The van der Waals surface area contributed by atoms with Crippen LogP contribution in [-0.4, -0.2) is 45.4 Å². The van der Waals surface area contributed by atoms with E-state index in [1.807, 2.05) is 6.92 Å². The van der Waals surface area contributed by atoms with E-state index in [-0.39, 0.29) is 17.9 Å². The fourth-order valence-electron chi connectivity index (χ4n) is 2.41. The van der Waals surface area contributed by atoms with Gasteiger partial charge in [-0.05, 0) is 12.8 Å². The minimum absolute atomic E-state index is 0.0689. The van der Waals surface area contributed by atoms with Crippen molar-refractivity contribution < 1.29 is 14.4 Å². The summed E-state index contributed by atoms with van der Waals surface area (Å²) >= 11 is 0. The molecule has 0 aromatic carbocycles. The summed E-state index contributed by atoms with van der Waals surface area (Å²) in [5, 5.41) is 8.91. The molecule has 1 aliphatic rings. The van der Waals surface area contributed by atoms with Crippen LogP contribution in [0.25, 0.3) is 0 Å². The van der Waals surface area contributed by atoms with Crippen LogP contribution in [0.4, 0.5) is 5.69 Å². The van der Waals surface area contributed by atoms with Gasteiger partial charge in [0.15, 0.2) is 5.69 Å². The summed E-state index contributed by atoms with van der Waals surface area (Å²) in [6.07, 6.45) is 1.96. The lowest BCUT2D eigenvalue weighted by Crippen LogP contribution is -2.59. The van der Waals surface area contributed by atoms with Crippen LogP contribution in [0, 0.1) is 0 Å². The Balaban J connectivity index is 2.29. The number of piperazine rings is 1. The van der Waals surface area contributed by atoms with Crippen LogP contribution in [0.5, 0.6) is 0 Å². The molecule has 0 saturated carbocycles. The van der Waals surface area contributed by atoms with Gasteiger partial charge < -0.3 is 10.6 Å². The van der Waals surface area contributed by atoms with Gasteiger partial charge in [0.1, 0.15) is 12.6 Å². The van der Waals surface area contributed by atoms with E-state index in [4.69, 9.17) is 5.73 Å². The van der Waals surface area contributed by atoms with Gasteiger partial charge in [-0.15, -0.1) is 0 Å². The number of amides is 3. The molecule has 0 spiro atoms. The maximum absolute atomic E-state index is 12.5. The SMILES string of the molecule is CCCc1[nH]nc(C(=O)N2CC(=O)NC(=O)C2CC)c1N. The monoisotopic (exact) mass is 293 g/mol. The van der Waals surface area contributed by atoms with Crippen molar-refractivity contribution in [1.29, 1.82) is 0 Å². The highest BCUT2D eigenvalue weighted by atomic mass is 16.2. The van der Waals surface area contributed by atoms with E-state index in [0.29, 0.717) is 18.5 Å². The van der Waals surface area contributed by atoms with Gasteiger partial charge in [-0.2, -0.15) is 5.10 Å². The number of anilines is 1. The third-order valence-electron chi connectivity index (χ3n) is 3.49. The van der Waals surface area contributed by atoms with Gasteiger partial charge in [-0.3, -0.25) is 24.8 Å². The molecule has 1 unspecified atom stereocenters. The molecule has 1 saturated heterocycles. The number of nitrogen functional groups attached to an aromatic ring is 1. The molecule has 0 aliphatic carbocycles. The molecule has 1 aliphatic heterocycles. The number of aryl methyl sites for hydroxylation is 1. The predicted octanol–water partition coefficient (Wildman–Crippen LogP) is -0.178. The van der Waals surface area contributed by atoms with Gasteiger partial charge in [0.25, 0.3) is 5.91 Å². The Morgan fingerprint density at radius 1 is 1.43 bits per heavy atom. The molecule has 2 heterocycles. The first-order valence-electron chi connectivity index (χ1n) is 6.96. The van der Waals surface area contributed by atoms with E-state index >= 15 is 0 Å². The number of rotatable bonds is 4. The minimum Gasteiger partial charge on any atom is -0.395 e. The number of aromatic nitrogens is 2. The summed E-state index contributed by atoms with van der Waals surface area (Å²) in [6, 6.07) is -0.680. The fourth-order valence-corrected chi connectivity index (χ4v) is 2.41. The summed E-state index contributed by atoms with van der Waals surface area (Å²) in [4.78, 5) is 37.0. The summed E-state index contributed by atoms with van der Waals surface area (Å²) in [5.41, 5.74) is 6.98. The molecular weight excluding hydrogens is 274 g/mol. The van der Waals surface area contributed by atoms with Crippen molar-refractivity contribution in [2.75, 3.05) is 12.3 Å². The Kier molecular flexibility index (Phi) is 4.25. The maximum atomic E-state index is 12.5. The highest BCUT2D eigenvalue weighted by Crippen LogP contribution is 2.20. The van der Waals surface area contributed by atoms with Gasteiger partial charge in [0, 0.05) is 0 Å². The molecule has 1 fully saturated rings. The smallest absolute Gasteiger partial charge is 0.277 e. The van der Waals surface area contributed by atoms with E-state index in [2.05, 4.69) is 15.5 Å². The fraction of sp³-hybridized carbons (Fsp3) is 0.538. The van der Waals surface area contributed by atoms with Crippen molar-refractivity contribution in [3.05, 3.63) is 11.4 Å². The molecule has 8 heteroatoms. The van der Waals surface area contributed by atoms with Gasteiger partial charge in [-0.1, -0.05) is 20.3 Å². The summed E-state index contributed by atoms with van der Waals surface area (Å²) in [5.74, 6) is -1.47. The third kappa shape index (κ3) is 2.74. The number of nitrogens with two attached hydrogens (primary N) is 1. The van der Waals surface area contributed by atoms with Crippen molar-refractivity contribution in [3.63, 3.8) is 0 Å². The molecule has 0 radical (unpaired) electrons. The van der Waals surface area contributed by atoms with Crippen molar-refractivity contribution in [2.45, 2.75) is 39.2 Å². The molecule has 1 aromatic heterocycles. The number of H-pyrrole nitrogens is 1.